The van der Waals surface area contributed by atoms with Crippen molar-refractivity contribution in [1.82, 2.24) is 14.9 Å². The number of aromatic nitrogens is 2. The van der Waals surface area contributed by atoms with Crippen molar-refractivity contribution in [2.75, 3.05) is 13.7 Å². The molecular formula is C14H18ClN3O. The number of benzene rings is 1. The van der Waals surface area contributed by atoms with Crippen molar-refractivity contribution >= 4 is 11.6 Å². The largest absolute Gasteiger partial charge is 0.496 e. The molecule has 1 N–H and O–H groups in total. The number of nitrogens with zero attached hydrogens (tertiary/aromatic N) is 2. The monoisotopic (exact) mass is 279 g/mol. The second-order valence-electron chi connectivity index (χ2n) is 4.31. The molecule has 0 bridgehead atoms. The molecule has 0 aliphatic heterocycles. The summed E-state index contributed by atoms with van der Waals surface area (Å²) in [4.78, 5) is 4.18. The minimum Gasteiger partial charge on any atom is -0.496 e. The predicted octanol–water partition coefficient (Wildman–Crippen LogP) is 2.78. The predicted molar refractivity (Wildman–Crippen MR) is 76.7 cm³/mol. The maximum Gasteiger partial charge on any atom is 0.124 e. The zero-order valence-corrected chi connectivity index (χ0v) is 12.1. The van der Waals surface area contributed by atoms with E-state index in [0.29, 0.717) is 5.02 Å². The van der Waals surface area contributed by atoms with Gasteiger partial charge in [-0.15, -0.1) is 0 Å². The van der Waals surface area contributed by atoms with E-state index < -0.39 is 0 Å². The first-order valence-electron chi connectivity index (χ1n) is 6.20. The number of methoxy groups -OCH3 is 1. The Morgan fingerprint density at radius 2 is 2.26 bits per heavy atom. The molecule has 2 aromatic rings. The molecule has 0 radical (unpaired) electrons. The summed E-state index contributed by atoms with van der Waals surface area (Å²) in [7, 11) is 3.64. The van der Waals surface area contributed by atoms with Crippen LogP contribution in [0, 0.1) is 0 Å². The fraction of sp³-hybridized carbons (Fsp3) is 0.357. The Hall–Kier alpha value is -1.52. The van der Waals surface area contributed by atoms with Crippen molar-refractivity contribution in [1.29, 1.82) is 0 Å². The zero-order chi connectivity index (χ0) is 13.8. The van der Waals surface area contributed by atoms with Gasteiger partial charge in [-0.2, -0.15) is 0 Å². The molecule has 1 aromatic carbocycles. The van der Waals surface area contributed by atoms with Gasteiger partial charge in [-0.1, -0.05) is 18.5 Å². The number of rotatable bonds is 5. The van der Waals surface area contributed by atoms with Gasteiger partial charge < -0.3 is 14.6 Å². The van der Waals surface area contributed by atoms with Crippen molar-refractivity contribution in [2.24, 2.45) is 7.05 Å². The summed E-state index contributed by atoms with van der Waals surface area (Å²) in [5.74, 6) is 0.816. The standard InChI is InChI=1S/C14H18ClN3O/c1-4-17-14(12-8-16-9-18(12)2)11-7-10(15)5-6-13(11)19-3/h5-9,14,17H,4H2,1-3H3. The van der Waals surface area contributed by atoms with E-state index in [1.807, 2.05) is 36.0 Å². The summed E-state index contributed by atoms with van der Waals surface area (Å²) in [6.07, 6.45) is 3.64. The number of nitrogens with one attached hydrogen (secondary N) is 1. The Labute approximate surface area is 118 Å². The maximum absolute atomic E-state index is 6.11. The molecule has 0 aliphatic rings. The van der Waals surface area contributed by atoms with Gasteiger partial charge in [0, 0.05) is 17.6 Å². The van der Waals surface area contributed by atoms with Crippen LogP contribution in [0.5, 0.6) is 5.75 Å². The van der Waals surface area contributed by atoms with E-state index in [1.165, 1.54) is 0 Å². The minimum atomic E-state index is 0.00569. The van der Waals surface area contributed by atoms with Gasteiger partial charge in [-0.25, -0.2) is 4.98 Å². The Morgan fingerprint density at radius 3 is 2.84 bits per heavy atom. The molecule has 1 aromatic heterocycles. The van der Waals surface area contributed by atoms with Crippen LogP contribution in [0.25, 0.3) is 0 Å². The van der Waals surface area contributed by atoms with Gasteiger partial charge in [0.25, 0.3) is 0 Å². The van der Waals surface area contributed by atoms with E-state index in [2.05, 4.69) is 17.2 Å². The van der Waals surface area contributed by atoms with Gasteiger partial charge in [-0.3, -0.25) is 0 Å². The number of imidazole rings is 1. The van der Waals surface area contributed by atoms with Crippen molar-refractivity contribution in [3.63, 3.8) is 0 Å². The summed E-state index contributed by atoms with van der Waals surface area (Å²) in [6.45, 7) is 2.91. The molecule has 0 fully saturated rings. The normalized spacial score (nSPS) is 12.4. The average Bonchev–Trinajstić information content (AvgIpc) is 2.82. The molecule has 0 saturated carbocycles. The van der Waals surface area contributed by atoms with Crippen molar-refractivity contribution < 1.29 is 4.74 Å². The quantitative estimate of drug-likeness (QED) is 0.915. The van der Waals surface area contributed by atoms with E-state index in [4.69, 9.17) is 16.3 Å². The smallest absolute Gasteiger partial charge is 0.124 e. The molecule has 0 amide bonds. The van der Waals surface area contributed by atoms with Crippen LogP contribution in [0.15, 0.2) is 30.7 Å². The molecule has 19 heavy (non-hydrogen) atoms. The Bertz CT molecular complexity index is 553. The van der Waals surface area contributed by atoms with E-state index in [-0.39, 0.29) is 6.04 Å². The molecule has 1 heterocycles. The molecular weight excluding hydrogens is 262 g/mol. The van der Waals surface area contributed by atoms with Gasteiger partial charge >= 0.3 is 0 Å². The lowest BCUT2D eigenvalue weighted by molar-refractivity contribution is 0.403. The van der Waals surface area contributed by atoms with Gasteiger partial charge in [-0.05, 0) is 24.7 Å². The molecule has 5 heteroatoms. The summed E-state index contributed by atoms with van der Waals surface area (Å²) in [5.41, 5.74) is 2.09. The topological polar surface area (TPSA) is 39.1 Å². The van der Waals surface area contributed by atoms with Crippen LogP contribution in [0.4, 0.5) is 0 Å². The van der Waals surface area contributed by atoms with Crippen LogP contribution in [0.1, 0.15) is 24.2 Å². The summed E-state index contributed by atoms with van der Waals surface area (Å²) >= 11 is 6.11. The van der Waals surface area contributed by atoms with Crippen LogP contribution in [0.2, 0.25) is 5.02 Å². The Kier molecular flexibility index (Phi) is 4.45. The third-order valence-electron chi connectivity index (χ3n) is 3.06. The molecule has 2 rings (SSSR count). The number of hydrogen-bond donors (Lipinski definition) is 1. The summed E-state index contributed by atoms with van der Waals surface area (Å²) < 4.78 is 7.43. The Balaban J connectivity index is 2.50. The van der Waals surface area contributed by atoms with Crippen molar-refractivity contribution in [2.45, 2.75) is 13.0 Å². The number of aryl methyl sites for hydroxylation is 1. The second-order valence-corrected chi connectivity index (χ2v) is 4.74. The van der Waals surface area contributed by atoms with Crippen LogP contribution in [-0.2, 0) is 7.05 Å². The first-order valence-corrected chi connectivity index (χ1v) is 6.58. The summed E-state index contributed by atoms with van der Waals surface area (Å²) in [6, 6.07) is 5.65. The van der Waals surface area contributed by atoms with Crippen LogP contribution < -0.4 is 10.1 Å². The maximum atomic E-state index is 6.11. The molecule has 0 aliphatic carbocycles. The number of halogens is 1. The average molecular weight is 280 g/mol. The lowest BCUT2D eigenvalue weighted by Gasteiger charge is -2.21. The summed E-state index contributed by atoms with van der Waals surface area (Å²) in [5, 5.41) is 4.14. The first kappa shape index (κ1) is 13.9. The van der Waals surface area contributed by atoms with Crippen LogP contribution >= 0.6 is 11.6 Å². The number of ether oxygens (including phenoxy) is 1. The zero-order valence-electron chi connectivity index (χ0n) is 11.4. The van der Waals surface area contributed by atoms with Gasteiger partial charge in [0.2, 0.25) is 0 Å². The lowest BCUT2D eigenvalue weighted by Crippen LogP contribution is -2.24. The molecule has 102 valence electrons. The van der Waals surface area contributed by atoms with Crippen LogP contribution in [-0.4, -0.2) is 23.2 Å². The van der Waals surface area contributed by atoms with Crippen molar-refractivity contribution in [3.8, 4) is 5.75 Å². The van der Waals surface area contributed by atoms with Crippen molar-refractivity contribution in [3.05, 3.63) is 47.0 Å². The fourth-order valence-electron chi connectivity index (χ4n) is 2.15. The highest BCUT2D eigenvalue weighted by Gasteiger charge is 2.20. The van der Waals surface area contributed by atoms with E-state index in [0.717, 1.165) is 23.6 Å². The number of hydrogen-bond acceptors (Lipinski definition) is 3. The van der Waals surface area contributed by atoms with Crippen LogP contribution in [0.3, 0.4) is 0 Å². The molecule has 0 saturated heterocycles. The Morgan fingerprint density at radius 1 is 1.47 bits per heavy atom. The highest BCUT2D eigenvalue weighted by Crippen LogP contribution is 2.32. The first-order chi connectivity index (χ1) is 9.17. The highest BCUT2D eigenvalue weighted by molar-refractivity contribution is 6.30. The van der Waals surface area contributed by atoms with Gasteiger partial charge in [0.15, 0.2) is 0 Å². The van der Waals surface area contributed by atoms with Gasteiger partial charge in [0.1, 0.15) is 5.75 Å². The third kappa shape index (κ3) is 2.91. The fourth-order valence-corrected chi connectivity index (χ4v) is 2.33. The lowest BCUT2D eigenvalue weighted by atomic mass is 10.0. The molecule has 0 spiro atoms. The highest BCUT2D eigenvalue weighted by atomic mass is 35.5. The molecule has 4 nitrogen and oxygen atoms in total. The van der Waals surface area contributed by atoms with E-state index in [1.54, 1.807) is 13.4 Å². The molecule has 1 atom stereocenters. The molecule has 1 unspecified atom stereocenters. The van der Waals surface area contributed by atoms with E-state index >= 15 is 0 Å². The second kappa shape index (κ2) is 6.08. The van der Waals surface area contributed by atoms with E-state index in [9.17, 15) is 0 Å². The SMILES string of the molecule is CCNC(c1cc(Cl)ccc1OC)c1cncn1C. The third-order valence-corrected chi connectivity index (χ3v) is 3.30. The minimum absolute atomic E-state index is 0.00569. The van der Waals surface area contributed by atoms with Gasteiger partial charge in [0.05, 0.1) is 31.4 Å².